The van der Waals surface area contributed by atoms with Crippen molar-refractivity contribution in [3.05, 3.63) is 48.5 Å². The van der Waals surface area contributed by atoms with Crippen molar-refractivity contribution in [1.82, 2.24) is 0 Å². The molecule has 2 aromatic rings. The van der Waals surface area contributed by atoms with E-state index in [9.17, 15) is 0 Å². The van der Waals surface area contributed by atoms with Gasteiger partial charge in [-0.15, -0.1) is 0 Å². The molecule has 0 bridgehead atoms. The number of rotatable bonds is 10. The first-order chi connectivity index (χ1) is 11.3. The minimum absolute atomic E-state index is 0.743. The molecule has 0 aliphatic heterocycles. The SMILES string of the molecule is CCCCCCOc1ccccc1NNc1ccccc1OC. The maximum atomic E-state index is 5.89. The molecule has 0 radical (unpaired) electrons. The molecule has 4 nitrogen and oxygen atoms in total. The molecule has 0 atom stereocenters. The highest BCUT2D eigenvalue weighted by molar-refractivity contribution is 5.63. The molecule has 0 aliphatic rings. The fourth-order valence-corrected chi connectivity index (χ4v) is 2.29. The summed E-state index contributed by atoms with van der Waals surface area (Å²) in [5.74, 6) is 1.64. The molecule has 2 N–H and O–H groups in total. The fraction of sp³-hybridized carbons (Fsp3) is 0.368. The van der Waals surface area contributed by atoms with Crippen molar-refractivity contribution in [3.63, 3.8) is 0 Å². The molecule has 0 amide bonds. The molecular weight excluding hydrogens is 288 g/mol. The lowest BCUT2D eigenvalue weighted by molar-refractivity contribution is 0.306. The van der Waals surface area contributed by atoms with Crippen molar-refractivity contribution < 1.29 is 9.47 Å². The van der Waals surface area contributed by atoms with Gasteiger partial charge in [-0.2, -0.15) is 0 Å². The Kier molecular flexibility index (Phi) is 7.11. The molecular formula is C19H26N2O2. The van der Waals surface area contributed by atoms with Crippen LogP contribution in [0.5, 0.6) is 11.5 Å². The summed E-state index contributed by atoms with van der Waals surface area (Å²) in [4.78, 5) is 0. The molecule has 0 saturated carbocycles. The van der Waals surface area contributed by atoms with Gasteiger partial charge in [-0.3, -0.25) is 10.9 Å². The van der Waals surface area contributed by atoms with Gasteiger partial charge in [-0.1, -0.05) is 50.5 Å². The number of benzene rings is 2. The highest BCUT2D eigenvalue weighted by Gasteiger charge is 2.04. The summed E-state index contributed by atoms with van der Waals surface area (Å²) in [7, 11) is 1.66. The first-order valence-electron chi connectivity index (χ1n) is 8.22. The summed E-state index contributed by atoms with van der Waals surface area (Å²) in [6.07, 6.45) is 4.80. The average Bonchev–Trinajstić information content (AvgIpc) is 2.61. The Morgan fingerprint density at radius 1 is 0.783 bits per heavy atom. The second-order valence-corrected chi connectivity index (χ2v) is 5.36. The number of hydrazine groups is 1. The first-order valence-corrected chi connectivity index (χ1v) is 8.22. The highest BCUT2D eigenvalue weighted by atomic mass is 16.5. The lowest BCUT2D eigenvalue weighted by Crippen LogP contribution is -2.11. The molecule has 0 aliphatic carbocycles. The van der Waals surface area contributed by atoms with Crippen molar-refractivity contribution in [2.24, 2.45) is 0 Å². The molecule has 23 heavy (non-hydrogen) atoms. The molecule has 0 spiro atoms. The van der Waals surface area contributed by atoms with E-state index in [-0.39, 0.29) is 0 Å². The van der Waals surface area contributed by atoms with Gasteiger partial charge < -0.3 is 9.47 Å². The van der Waals surface area contributed by atoms with E-state index in [0.717, 1.165) is 35.9 Å². The van der Waals surface area contributed by atoms with Gasteiger partial charge in [0.15, 0.2) is 0 Å². The van der Waals surface area contributed by atoms with Crippen molar-refractivity contribution in [1.29, 1.82) is 0 Å². The van der Waals surface area contributed by atoms with Crippen LogP contribution in [0.2, 0.25) is 0 Å². The van der Waals surface area contributed by atoms with Crippen LogP contribution in [0.1, 0.15) is 32.6 Å². The van der Waals surface area contributed by atoms with E-state index in [2.05, 4.69) is 17.8 Å². The Morgan fingerprint density at radius 3 is 2.04 bits per heavy atom. The van der Waals surface area contributed by atoms with E-state index < -0.39 is 0 Å². The topological polar surface area (TPSA) is 42.5 Å². The van der Waals surface area contributed by atoms with Gasteiger partial charge in [-0.25, -0.2) is 0 Å². The zero-order chi connectivity index (χ0) is 16.3. The molecule has 2 aromatic carbocycles. The fourth-order valence-electron chi connectivity index (χ4n) is 2.29. The Hall–Kier alpha value is -2.36. The second-order valence-electron chi connectivity index (χ2n) is 5.36. The smallest absolute Gasteiger partial charge is 0.144 e. The largest absolute Gasteiger partial charge is 0.495 e. The van der Waals surface area contributed by atoms with Crippen LogP contribution in [0.25, 0.3) is 0 Å². The zero-order valence-electron chi connectivity index (χ0n) is 14.0. The van der Waals surface area contributed by atoms with Crippen molar-refractivity contribution in [2.75, 3.05) is 24.6 Å². The standard InChI is InChI=1S/C19H26N2O2/c1-3-4-5-10-15-23-19-14-9-7-12-17(19)21-20-16-11-6-8-13-18(16)22-2/h6-9,11-14,20-21H,3-5,10,15H2,1-2H3. The van der Waals surface area contributed by atoms with E-state index in [1.54, 1.807) is 7.11 Å². The van der Waals surface area contributed by atoms with E-state index >= 15 is 0 Å². The molecule has 0 heterocycles. The van der Waals surface area contributed by atoms with E-state index in [4.69, 9.17) is 9.47 Å². The number of nitrogens with one attached hydrogen (secondary N) is 2. The van der Waals surface area contributed by atoms with Crippen LogP contribution < -0.4 is 20.3 Å². The Labute approximate surface area is 138 Å². The number of anilines is 2. The predicted molar refractivity (Wildman–Crippen MR) is 96.3 cm³/mol. The highest BCUT2D eigenvalue weighted by Crippen LogP contribution is 2.27. The maximum absolute atomic E-state index is 5.89. The number of methoxy groups -OCH3 is 1. The Bertz CT molecular complexity index is 587. The predicted octanol–water partition coefficient (Wildman–Crippen LogP) is 5.09. The van der Waals surface area contributed by atoms with Crippen molar-refractivity contribution >= 4 is 11.4 Å². The number of hydrogen-bond donors (Lipinski definition) is 2. The van der Waals surface area contributed by atoms with Gasteiger partial charge in [0.25, 0.3) is 0 Å². The zero-order valence-corrected chi connectivity index (χ0v) is 14.0. The van der Waals surface area contributed by atoms with Crippen LogP contribution in [0.3, 0.4) is 0 Å². The average molecular weight is 314 g/mol. The Balaban J connectivity index is 1.92. The van der Waals surface area contributed by atoms with Gasteiger partial charge >= 0.3 is 0 Å². The molecule has 0 unspecified atom stereocenters. The molecule has 0 aromatic heterocycles. The second kappa shape index (κ2) is 9.62. The lowest BCUT2D eigenvalue weighted by atomic mass is 10.2. The van der Waals surface area contributed by atoms with Crippen LogP contribution in [0.4, 0.5) is 11.4 Å². The molecule has 4 heteroatoms. The first kappa shape index (κ1) is 17.0. The minimum atomic E-state index is 0.743. The molecule has 2 rings (SSSR count). The maximum Gasteiger partial charge on any atom is 0.144 e. The van der Waals surface area contributed by atoms with Crippen LogP contribution in [0.15, 0.2) is 48.5 Å². The van der Waals surface area contributed by atoms with Crippen LogP contribution in [-0.2, 0) is 0 Å². The number of unbranched alkanes of at least 4 members (excludes halogenated alkanes) is 3. The number of para-hydroxylation sites is 4. The number of ether oxygens (including phenoxy) is 2. The quantitative estimate of drug-likeness (QED) is 0.473. The van der Waals surface area contributed by atoms with Crippen LogP contribution >= 0.6 is 0 Å². The van der Waals surface area contributed by atoms with Gasteiger partial charge in [0.05, 0.1) is 25.1 Å². The van der Waals surface area contributed by atoms with Gasteiger partial charge in [-0.05, 0) is 30.7 Å². The number of hydrogen-bond acceptors (Lipinski definition) is 4. The molecule has 0 fully saturated rings. The van der Waals surface area contributed by atoms with E-state index in [1.807, 2.05) is 48.5 Å². The third kappa shape index (κ3) is 5.40. The summed E-state index contributed by atoms with van der Waals surface area (Å²) in [5.41, 5.74) is 8.17. The molecule has 124 valence electrons. The third-order valence-corrected chi connectivity index (χ3v) is 3.58. The summed E-state index contributed by atoms with van der Waals surface area (Å²) < 4.78 is 11.2. The van der Waals surface area contributed by atoms with Crippen LogP contribution in [-0.4, -0.2) is 13.7 Å². The summed E-state index contributed by atoms with van der Waals surface area (Å²) in [6, 6.07) is 15.7. The summed E-state index contributed by atoms with van der Waals surface area (Å²) >= 11 is 0. The monoisotopic (exact) mass is 314 g/mol. The normalized spacial score (nSPS) is 10.2. The van der Waals surface area contributed by atoms with Crippen molar-refractivity contribution in [2.45, 2.75) is 32.6 Å². The van der Waals surface area contributed by atoms with E-state index in [1.165, 1.54) is 19.3 Å². The summed E-state index contributed by atoms with van der Waals surface area (Å²) in [5, 5.41) is 0. The Morgan fingerprint density at radius 2 is 1.39 bits per heavy atom. The summed E-state index contributed by atoms with van der Waals surface area (Å²) in [6.45, 7) is 2.96. The minimum Gasteiger partial charge on any atom is -0.495 e. The van der Waals surface area contributed by atoms with Crippen molar-refractivity contribution in [3.8, 4) is 11.5 Å². The lowest BCUT2D eigenvalue weighted by Gasteiger charge is -2.16. The van der Waals surface area contributed by atoms with Gasteiger partial charge in [0, 0.05) is 0 Å². The van der Waals surface area contributed by atoms with E-state index in [0.29, 0.717) is 0 Å². The van der Waals surface area contributed by atoms with Gasteiger partial charge in [0.1, 0.15) is 11.5 Å². The van der Waals surface area contributed by atoms with Crippen LogP contribution in [0, 0.1) is 0 Å². The molecule has 0 saturated heterocycles. The van der Waals surface area contributed by atoms with Gasteiger partial charge in [0.2, 0.25) is 0 Å². The third-order valence-electron chi connectivity index (χ3n) is 3.58.